The van der Waals surface area contributed by atoms with Gasteiger partial charge < -0.3 is 0 Å². The molecule has 4 nitrogen and oxygen atoms in total. The van der Waals surface area contributed by atoms with E-state index in [4.69, 9.17) is 11.6 Å². The molecule has 3 rings (SSSR count). The minimum atomic E-state index is -0.636. The lowest BCUT2D eigenvalue weighted by Gasteiger charge is -2.24. The van der Waals surface area contributed by atoms with Gasteiger partial charge in [0.15, 0.2) is 0 Å². The third-order valence-electron chi connectivity index (χ3n) is 4.48. The number of aryl methyl sites for hydroxylation is 1. The van der Waals surface area contributed by atoms with E-state index in [1.54, 1.807) is 30.1 Å². The Kier molecular flexibility index (Phi) is 4.88. The van der Waals surface area contributed by atoms with E-state index in [0.717, 1.165) is 5.56 Å². The number of imide groups is 1. The highest BCUT2D eigenvalue weighted by Crippen LogP contribution is 2.29. The van der Waals surface area contributed by atoms with Crippen LogP contribution in [0.15, 0.2) is 42.5 Å². The van der Waals surface area contributed by atoms with E-state index in [2.05, 4.69) is 0 Å². The summed E-state index contributed by atoms with van der Waals surface area (Å²) in [6, 6.07) is 11.1. The van der Waals surface area contributed by atoms with Crippen LogP contribution in [0.3, 0.4) is 0 Å². The molecule has 1 aliphatic rings. The minimum Gasteiger partial charge on any atom is -0.290 e. The molecule has 130 valence electrons. The predicted molar refractivity (Wildman–Crippen MR) is 95.0 cm³/mol. The Morgan fingerprint density at radius 1 is 1.20 bits per heavy atom. The molecule has 0 saturated carbocycles. The second-order valence-electron chi connectivity index (χ2n) is 6.19. The smallest absolute Gasteiger partial charge is 0.251 e. The number of hydrogen-bond acceptors (Lipinski definition) is 3. The average Bonchev–Trinajstić information content (AvgIpc) is 2.86. The maximum Gasteiger partial charge on any atom is 0.251 e. The Labute approximate surface area is 150 Å². The fraction of sp³-hybridized carbons (Fsp3) is 0.263. The summed E-state index contributed by atoms with van der Waals surface area (Å²) in [6.45, 7) is 2.00. The van der Waals surface area contributed by atoms with E-state index < -0.39 is 11.9 Å². The van der Waals surface area contributed by atoms with E-state index in [-0.39, 0.29) is 24.8 Å². The normalized spacial score (nSPS) is 17.6. The molecule has 1 atom stereocenters. The minimum absolute atomic E-state index is 0.0652. The van der Waals surface area contributed by atoms with Crippen molar-refractivity contribution in [2.75, 3.05) is 11.9 Å². The number of benzene rings is 2. The summed E-state index contributed by atoms with van der Waals surface area (Å²) in [5, 5.41) is 0.305. The van der Waals surface area contributed by atoms with E-state index in [9.17, 15) is 14.0 Å². The van der Waals surface area contributed by atoms with Crippen molar-refractivity contribution in [3.05, 3.63) is 64.4 Å². The summed E-state index contributed by atoms with van der Waals surface area (Å²) in [7, 11) is 1.69. The Balaban J connectivity index is 1.83. The quantitative estimate of drug-likeness (QED) is 0.783. The molecule has 0 radical (unpaired) electrons. The number of amides is 2. The molecule has 25 heavy (non-hydrogen) atoms. The lowest BCUT2D eigenvalue weighted by atomic mass is 10.1. The zero-order chi connectivity index (χ0) is 18.1. The molecule has 0 spiro atoms. The molecule has 1 saturated heterocycles. The molecular weight excluding hydrogens is 343 g/mol. The Morgan fingerprint density at radius 2 is 1.92 bits per heavy atom. The number of halogens is 2. The highest BCUT2D eigenvalue weighted by Gasteiger charge is 2.42. The second-order valence-corrected chi connectivity index (χ2v) is 6.60. The third-order valence-corrected chi connectivity index (χ3v) is 4.83. The van der Waals surface area contributed by atoms with Gasteiger partial charge in [-0.05, 0) is 37.7 Å². The third kappa shape index (κ3) is 3.30. The van der Waals surface area contributed by atoms with Gasteiger partial charge >= 0.3 is 0 Å². The van der Waals surface area contributed by atoms with Crippen LogP contribution in [0.1, 0.15) is 17.5 Å². The van der Waals surface area contributed by atoms with Crippen LogP contribution in [0, 0.1) is 12.7 Å². The molecule has 0 aliphatic carbocycles. The van der Waals surface area contributed by atoms with Gasteiger partial charge in [0, 0.05) is 17.1 Å². The molecular formula is C19H18ClFN2O2. The standard InChI is InChI=1S/C19H18ClFN2O2/c1-12-6-3-4-9-16(12)23-18(24)10-17(19(23)25)22(2)11-13-14(20)7-5-8-15(13)21/h3-9,17H,10-11H2,1-2H3/t17-/m0/s1. The lowest BCUT2D eigenvalue weighted by molar-refractivity contribution is -0.122. The maximum absolute atomic E-state index is 14.0. The van der Waals surface area contributed by atoms with Gasteiger partial charge in [0.25, 0.3) is 5.91 Å². The van der Waals surface area contributed by atoms with Crippen LogP contribution in [0.25, 0.3) is 0 Å². The van der Waals surface area contributed by atoms with Gasteiger partial charge in [-0.25, -0.2) is 9.29 Å². The van der Waals surface area contributed by atoms with E-state index in [1.807, 2.05) is 19.1 Å². The number of hydrogen-bond donors (Lipinski definition) is 0. The zero-order valence-corrected chi connectivity index (χ0v) is 14.8. The van der Waals surface area contributed by atoms with Gasteiger partial charge in [-0.15, -0.1) is 0 Å². The van der Waals surface area contributed by atoms with Crippen LogP contribution in [-0.2, 0) is 16.1 Å². The van der Waals surface area contributed by atoms with Gasteiger partial charge in [-0.1, -0.05) is 35.9 Å². The molecule has 0 unspecified atom stereocenters. The number of likely N-dealkylation sites (N-methyl/N-ethyl adjacent to an activating group) is 1. The van der Waals surface area contributed by atoms with Crippen LogP contribution in [0.5, 0.6) is 0 Å². The first-order chi connectivity index (χ1) is 11.9. The molecule has 1 heterocycles. The summed E-state index contributed by atoms with van der Waals surface area (Å²) < 4.78 is 14.0. The fourth-order valence-corrected chi connectivity index (χ4v) is 3.29. The first-order valence-corrected chi connectivity index (χ1v) is 8.33. The van der Waals surface area contributed by atoms with Crippen LogP contribution >= 0.6 is 11.6 Å². The molecule has 1 fully saturated rings. The topological polar surface area (TPSA) is 40.6 Å². The summed E-state index contributed by atoms with van der Waals surface area (Å²) in [5.41, 5.74) is 1.77. The Bertz CT molecular complexity index is 820. The van der Waals surface area contributed by atoms with Crippen LogP contribution in [-0.4, -0.2) is 29.8 Å². The number of nitrogens with zero attached hydrogens (tertiary/aromatic N) is 2. The van der Waals surface area contributed by atoms with Gasteiger partial charge in [-0.3, -0.25) is 14.5 Å². The molecule has 2 aromatic carbocycles. The first-order valence-electron chi connectivity index (χ1n) is 7.95. The summed E-state index contributed by atoms with van der Waals surface area (Å²) in [6.07, 6.45) is 0.0652. The fourth-order valence-electron chi connectivity index (χ4n) is 3.07. The van der Waals surface area contributed by atoms with Crippen molar-refractivity contribution in [3.63, 3.8) is 0 Å². The van der Waals surface area contributed by atoms with Crippen molar-refractivity contribution >= 4 is 29.1 Å². The van der Waals surface area contributed by atoms with E-state index in [1.165, 1.54) is 17.0 Å². The Morgan fingerprint density at radius 3 is 2.60 bits per heavy atom. The van der Waals surface area contributed by atoms with Crippen molar-refractivity contribution in [1.29, 1.82) is 0 Å². The zero-order valence-electron chi connectivity index (χ0n) is 14.0. The maximum atomic E-state index is 14.0. The van der Waals surface area contributed by atoms with Crippen molar-refractivity contribution in [2.24, 2.45) is 0 Å². The molecule has 0 bridgehead atoms. The van der Waals surface area contributed by atoms with Crippen molar-refractivity contribution in [1.82, 2.24) is 4.90 Å². The predicted octanol–water partition coefficient (Wildman–Crippen LogP) is 3.55. The summed E-state index contributed by atoms with van der Waals surface area (Å²) >= 11 is 6.06. The molecule has 0 aromatic heterocycles. The number of rotatable bonds is 4. The summed E-state index contributed by atoms with van der Waals surface area (Å²) in [5.74, 6) is -0.975. The van der Waals surface area contributed by atoms with Gasteiger partial charge in [0.1, 0.15) is 5.82 Å². The van der Waals surface area contributed by atoms with Crippen molar-refractivity contribution < 1.29 is 14.0 Å². The van der Waals surface area contributed by atoms with Gasteiger partial charge in [-0.2, -0.15) is 0 Å². The SMILES string of the molecule is Cc1ccccc1N1C(=O)C[C@H](N(C)Cc2c(F)cccc2Cl)C1=O. The van der Waals surface area contributed by atoms with Crippen LogP contribution in [0.2, 0.25) is 5.02 Å². The number of anilines is 1. The van der Waals surface area contributed by atoms with E-state index >= 15 is 0 Å². The Hall–Kier alpha value is -2.24. The highest BCUT2D eigenvalue weighted by atomic mass is 35.5. The number of carbonyl (C=O) groups excluding carboxylic acids is 2. The number of carbonyl (C=O) groups is 2. The average molecular weight is 361 g/mol. The first kappa shape index (κ1) is 17.6. The van der Waals surface area contributed by atoms with Crippen molar-refractivity contribution in [3.8, 4) is 0 Å². The molecule has 1 aliphatic heterocycles. The number of para-hydroxylation sites is 1. The van der Waals surface area contributed by atoms with Crippen LogP contribution in [0.4, 0.5) is 10.1 Å². The largest absolute Gasteiger partial charge is 0.290 e. The summed E-state index contributed by atoms with van der Waals surface area (Å²) in [4.78, 5) is 28.1. The molecule has 2 aromatic rings. The molecule has 6 heteroatoms. The van der Waals surface area contributed by atoms with E-state index in [0.29, 0.717) is 16.3 Å². The molecule has 2 amide bonds. The van der Waals surface area contributed by atoms with Gasteiger partial charge in [0.05, 0.1) is 18.2 Å². The lowest BCUT2D eigenvalue weighted by Crippen LogP contribution is -2.40. The monoisotopic (exact) mass is 360 g/mol. The molecule has 0 N–H and O–H groups in total. The second kappa shape index (κ2) is 6.94. The highest BCUT2D eigenvalue weighted by molar-refractivity contribution is 6.31. The van der Waals surface area contributed by atoms with Crippen molar-refractivity contribution in [2.45, 2.75) is 25.9 Å². The van der Waals surface area contributed by atoms with Crippen LogP contribution < -0.4 is 4.90 Å². The van der Waals surface area contributed by atoms with Gasteiger partial charge in [0.2, 0.25) is 5.91 Å².